The number of carbonyl (C=O) groups is 1. The van der Waals surface area contributed by atoms with Crippen LogP contribution >= 0.6 is 28.3 Å². The van der Waals surface area contributed by atoms with E-state index in [9.17, 15) is 4.79 Å². The number of hydrogen-bond acceptors (Lipinski definition) is 2. The molecule has 0 aliphatic rings. The molecule has 1 aromatic carbocycles. The number of nitrogens with one attached hydrogen (secondary N) is 1. The standard InChI is InChI=1S/C12H17BrN2O.ClH/c1-9(7-14)8-15-12(16)6-10-2-4-11(13)5-3-10;/h2-5,9H,6-8,14H2,1H3,(H,15,16);1H. The van der Waals surface area contributed by atoms with Gasteiger partial charge in [-0.1, -0.05) is 35.0 Å². The van der Waals surface area contributed by atoms with E-state index in [0.29, 0.717) is 25.4 Å². The minimum Gasteiger partial charge on any atom is -0.356 e. The molecule has 0 bridgehead atoms. The van der Waals surface area contributed by atoms with Crippen LogP contribution in [0.4, 0.5) is 0 Å². The van der Waals surface area contributed by atoms with E-state index < -0.39 is 0 Å². The van der Waals surface area contributed by atoms with Crippen LogP contribution in [-0.4, -0.2) is 19.0 Å². The maximum absolute atomic E-state index is 11.6. The zero-order chi connectivity index (χ0) is 12.0. The van der Waals surface area contributed by atoms with Gasteiger partial charge >= 0.3 is 0 Å². The van der Waals surface area contributed by atoms with Gasteiger partial charge in [0.25, 0.3) is 0 Å². The van der Waals surface area contributed by atoms with E-state index in [2.05, 4.69) is 21.2 Å². The van der Waals surface area contributed by atoms with Crippen LogP contribution in [0, 0.1) is 5.92 Å². The summed E-state index contributed by atoms with van der Waals surface area (Å²) in [7, 11) is 0. The predicted octanol–water partition coefficient (Wildman–Crippen LogP) is 2.12. The molecule has 1 amide bonds. The zero-order valence-corrected chi connectivity index (χ0v) is 12.2. The summed E-state index contributed by atoms with van der Waals surface area (Å²) in [5.74, 6) is 0.372. The van der Waals surface area contributed by atoms with E-state index in [4.69, 9.17) is 5.73 Å². The predicted molar refractivity (Wildman–Crippen MR) is 76.3 cm³/mol. The van der Waals surface area contributed by atoms with Gasteiger partial charge in [-0.2, -0.15) is 0 Å². The summed E-state index contributed by atoms with van der Waals surface area (Å²) in [5, 5.41) is 2.87. The Morgan fingerprint density at radius 1 is 1.41 bits per heavy atom. The van der Waals surface area contributed by atoms with Gasteiger partial charge in [0.1, 0.15) is 0 Å². The Kier molecular flexibility index (Phi) is 8.21. The first-order chi connectivity index (χ1) is 7.61. The molecule has 0 fully saturated rings. The van der Waals surface area contributed by atoms with Crippen molar-refractivity contribution in [3.8, 4) is 0 Å². The minimum absolute atomic E-state index is 0. The van der Waals surface area contributed by atoms with Gasteiger partial charge < -0.3 is 11.1 Å². The number of carbonyl (C=O) groups excluding carboxylic acids is 1. The van der Waals surface area contributed by atoms with Crippen LogP contribution in [0.1, 0.15) is 12.5 Å². The minimum atomic E-state index is 0. The molecule has 3 N–H and O–H groups in total. The molecule has 5 heteroatoms. The van der Waals surface area contributed by atoms with Crippen LogP contribution in [0.5, 0.6) is 0 Å². The normalized spacial score (nSPS) is 11.5. The number of nitrogens with two attached hydrogens (primary N) is 1. The number of rotatable bonds is 5. The molecular weight excluding hydrogens is 304 g/mol. The number of halogens is 2. The van der Waals surface area contributed by atoms with Crippen LogP contribution in [0.3, 0.4) is 0 Å². The van der Waals surface area contributed by atoms with Crippen molar-refractivity contribution in [1.29, 1.82) is 0 Å². The van der Waals surface area contributed by atoms with E-state index in [1.165, 1.54) is 0 Å². The Balaban J connectivity index is 0.00000256. The van der Waals surface area contributed by atoms with Crippen molar-refractivity contribution >= 4 is 34.2 Å². The average molecular weight is 322 g/mol. The second-order valence-electron chi connectivity index (χ2n) is 3.95. The van der Waals surface area contributed by atoms with Crippen LogP contribution in [0.2, 0.25) is 0 Å². The quantitative estimate of drug-likeness (QED) is 0.873. The van der Waals surface area contributed by atoms with Gasteiger partial charge in [0.05, 0.1) is 6.42 Å². The largest absolute Gasteiger partial charge is 0.356 e. The van der Waals surface area contributed by atoms with Crippen molar-refractivity contribution in [2.75, 3.05) is 13.1 Å². The van der Waals surface area contributed by atoms with Gasteiger partial charge in [0.15, 0.2) is 0 Å². The smallest absolute Gasteiger partial charge is 0.224 e. The van der Waals surface area contributed by atoms with Crippen LogP contribution in [-0.2, 0) is 11.2 Å². The van der Waals surface area contributed by atoms with Gasteiger partial charge in [-0.3, -0.25) is 4.79 Å². The van der Waals surface area contributed by atoms with E-state index in [0.717, 1.165) is 10.0 Å². The Morgan fingerprint density at radius 3 is 2.53 bits per heavy atom. The second-order valence-corrected chi connectivity index (χ2v) is 4.86. The van der Waals surface area contributed by atoms with Crippen LogP contribution < -0.4 is 11.1 Å². The summed E-state index contributed by atoms with van der Waals surface area (Å²) in [6.07, 6.45) is 0.421. The van der Waals surface area contributed by atoms with Crippen molar-refractivity contribution in [3.63, 3.8) is 0 Å². The highest BCUT2D eigenvalue weighted by atomic mass is 79.9. The van der Waals surface area contributed by atoms with Crippen molar-refractivity contribution in [2.45, 2.75) is 13.3 Å². The molecule has 1 rings (SSSR count). The maximum atomic E-state index is 11.6. The van der Waals surface area contributed by atoms with Crippen LogP contribution in [0.15, 0.2) is 28.7 Å². The molecule has 0 saturated heterocycles. The monoisotopic (exact) mass is 320 g/mol. The highest BCUT2D eigenvalue weighted by Gasteiger charge is 2.05. The number of hydrogen-bond donors (Lipinski definition) is 2. The highest BCUT2D eigenvalue weighted by molar-refractivity contribution is 9.10. The summed E-state index contributed by atoms with van der Waals surface area (Å²) < 4.78 is 1.02. The van der Waals surface area contributed by atoms with Gasteiger partial charge in [-0.25, -0.2) is 0 Å². The summed E-state index contributed by atoms with van der Waals surface area (Å²) in [6.45, 7) is 3.25. The Bertz CT molecular complexity index is 343. The number of benzene rings is 1. The molecule has 0 aromatic heterocycles. The fourth-order valence-electron chi connectivity index (χ4n) is 1.22. The first-order valence-electron chi connectivity index (χ1n) is 5.33. The lowest BCUT2D eigenvalue weighted by atomic mass is 10.1. The molecule has 0 aliphatic carbocycles. The maximum Gasteiger partial charge on any atom is 0.224 e. The lowest BCUT2D eigenvalue weighted by Crippen LogP contribution is -2.32. The summed E-state index contributed by atoms with van der Waals surface area (Å²) >= 11 is 3.36. The van der Waals surface area contributed by atoms with Gasteiger partial charge in [0, 0.05) is 11.0 Å². The lowest BCUT2D eigenvalue weighted by Gasteiger charge is -2.10. The third-order valence-corrected chi connectivity index (χ3v) is 2.86. The Hall–Kier alpha value is -0.580. The molecular formula is C12H18BrClN2O. The molecule has 1 aromatic rings. The molecule has 96 valence electrons. The molecule has 0 radical (unpaired) electrons. The lowest BCUT2D eigenvalue weighted by molar-refractivity contribution is -0.120. The topological polar surface area (TPSA) is 55.1 Å². The molecule has 1 atom stereocenters. The molecule has 0 aliphatic heterocycles. The highest BCUT2D eigenvalue weighted by Crippen LogP contribution is 2.10. The Labute approximate surface area is 117 Å². The molecule has 1 unspecified atom stereocenters. The summed E-state index contributed by atoms with van der Waals surface area (Å²) in [6, 6.07) is 7.75. The SMILES string of the molecule is CC(CN)CNC(=O)Cc1ccc(Br)cc1.Cl. The van der Waals surface area contributed by atoms with Crippen molar-refractivity contribution in [3.05, 3.63) is 34.3 Å². The Morgan fingerprint density at radius 2 is 2.00 bits per heavy atom. The third-order valence-electron chi connectivity index (χ3n) is 2.33. The van der Waals surface area contributed by atoms with E-state index >= 15 is 0 Å². The van der Waals surface area contributed by atoms with E-state index in [-0.39, 0.29) is 18.3 Å². The van der Waals surface area contributed by atoms with Crippen molar-refractivity contribution in [2.24, 2.45) is 11.7 Å². The molecule has 17 heavy (non-hydrogen) atoms. The van der Waals surface area contributed by atoms with Gasteiger partial charge in [-0.05, 0) is 30.2 Å². The van der Waals surface area contributed by atoms with E-state index in [1.54, 1.807) is 0 Å². The van der Waals surface area contributed by atoms with Gasteiger partial charge in [-0.15, -0.1) is 12.4 Å². The third kappa shape index (κ3) is 6.66. The molecule has 3 nitrogen and oxygen atoms in total. The summed E-state index contributed by atoms with van der Waals surface area (Å²) in [5.41, 5.74) is 6.49. The number of amides is 1. The first-order valence-corrected chi connectivity index (χ1v) is 6.12. The van der Waals surface area contributed by atoms with Crippen molar-refractivity contribution < 1.29 is 4.79 Å². The van der Waals surface area contributed by atoms with E-state index in [1.807, 2.05) is 31.2 Å². The fourth-order valence-corrected chi connectivity index (χ4v) is 1.49. The second kappa shape index (κ2) is 8.50. The zero-order valence-electron chi connectivity index (χ0n) is 9.78. The molecule has 0 saturated carbocycles. The average Bonchev–Trinajstić information content (AvgIpc) is 2.29. The van der Waals surface area contributed by atoms with Gasteiger partial charge in [0.2, 0.25) is 5.91 Å². The first kappa shape index (κ1) is 16.4. The summed E-state index contributed by atoms with van der Waals surface area (Å²) in [4.78, 5) is 11.6. The van der Waals surface area contributed by atoms with Crippen LogP contribution in [0.25, 0.3) is 0 Å². The molecule has 0 spiro atoms. The fraction of sp³-hybridized carbons (Fsp3) is 0.417. The molecule has 0 heterocycles. The van der Waals surface area contributed by atoms with Crippen molar-refractivity contribution in [1.82, 2.24) is 5.32 Å².